The molecule has 0 unspecified atom stereocenters. The fourth-order valence-electron chi connectivity index (χ4n) is 2.68. The topological polar surface area (TPSA) is 55.2 Å². The lowest BCUT2D eigenvalue weighted by Gasteiger charge is -2.20. The van der Waals surface area contributed by atoms with Crippen LogP contribution in [0.4, 0.5) is 4.39 Å². The van der Waals surface area contributed by atoms with Gasteiger partial charge in [-0.15, -0.1) is 6.42 Å². The summed E-state index contributed by atoms with van der Waals surface area (Å²) >= 11 is 0. The van der Waals surface area contributed by atoms with Crippen LogP contribution in [0.3, 0.4) is 0 Å². The van der Waals surface area contributed by atoms with E-state index in [0.29, 0.717) is 12.2 Å². The second kappa shape index (κ2) is 8.31. The summed E-state index contributed by atoms with van der Waals surface area (Å²) in [7, 11) is 0. The zero-order chi connectivity index (χ0) is 20.1. The molecule has 0 spiro atoms. The highest BCUT2D eigenvalue weighted by atomic mass is 19.1. The molecule has 0 fully saturated rings. The Morgan fingerprint density at radius 2 is 1.79 bits per heavy atom. The molecule has 1 amide bonds. The number of terminal acetylenes is 1. The van der Waals surface area contributed by atoms with E-state index in [1.807, 2.05) is 31.2 Å². The molecule has 5 nitrogen and oxygen atoms in total. The third-order valence-electron chi connectivity index (χ3n) is 4.15. The summed E-state index contributed by atoms with van der Waals surface area (Å²) < 4.78 is 14.2. The maximum absolute atomic E-state index is 13.1. The average molecular weight is 375 g/mol. The van der Waals surface area contributed by atoms with Gasteiger partial charge < -0.3 is 4.90 Å². The van der Waals surface area contributed by atoms with Crippen molar-refractivity contribution in [2.75, 3.05) is 6.54 Å². The van der Waals surface area contributed by atoms with Crippen LogP contribution in [0.5, 0.6) is 0 Å². The summed E-state index contributed by atoms with van der Waals surface area (Å²) in [5.74, 6) is 1.66. The monoisotopic (exact) mass is 375 g/mol. The first-order valence-electron chi connectivity index (χ1n) is 8.62. The Morgan fingerprint density at radius 3 is 2.43 bits per heavy atom. The van der Waals surface area contributed by atoms with E-state index in [9.17, 15) is 14.0 Å². The zero-order valence-corrected chi connectivity index (χ0v) is 15.3. The lowest BCUT2D eigenvalue weighted by Crippen LogP contribution is -2.33. The van der Waals surface area contributed by atoms with E-state index in [4.69, 9.17) is 6.42 Å². The van der Waals surface area contributed by atoms with Gasteiger partial charge >= 0.3 is 0 Å². The molecule has 140 valence electrons. The molecule has 0 saturated carbocycles. The minimum absolute atomic E-state index is 0.0753. The maximum atomic E-state index is 13.1. The Kier molecular flexibility index (Phi) is 5.66. The van der Waals surface area contributed by atoms with Crippen molar-refractivity contribution in [2.24, 2.45) is 0 Å². The number of carbonyl (C=O) groups excluding carboxylic acids is 1. The Labute approximate surface area is 162 Å². The quantitative estimate of drug-likeness (QED) is 0.645. The van der Waals surface area contributed by atoms with Crippen LogP contribution in [0.2, 0.25) is 0 Å². The lowest BCUT2D eigenvalue weighted by atomic mass is 10.1. The molecule has 1 heterocycles. The number of aromatic nitrogens is 2. The SMILES string of the molecule is C#CCN(Cc1ccc(C)cc1)C(=O)c1ccc(=O)n(-c2ccc(F)cc2)n1. The number of halogens is 1. The summed E-state index contributed by atoms with van der Waals surface area (Å²) in [5.41, 5.74) is 2.06. The largest absolute Gasteiger partial charge is 0.322 e. The molecular weight excluding hydrogens is 357 g/mol. The van der Waals surface area contributed by atoms with E-state index in [0.717, 1.165) is 15.8 Å². The molecular formula is C22H18FN3O2. The minimum atomic E-state index is -0.428. The van der Waals surface area contributed by atoms with Crippen LogP contribution in [-0.2, 0) is 6.54 Å². The molecule has 1 aromatic heterocycles. The number of nitrogens with zero attached hydrogens (tertiary/aromatic N) is 3. The van der Waals surface area contributed by atoms with E-state index >= 15 is 0 Å². The van der Waals surface area contributed by atoms with Crippen LogP contribution >= 0.6 is 0 Å². The number of amides is 1. The predicted molar refractivity (Wildman–Crippen MR) is 105 cm³/mol. The molecule has 0 N–H and O–H groups in total. The highest BCUT2D eigenvalue weighted by Gasteiger charge is 2.18. The number of carbonyl (C=O) groups is 1. The molecule has 0 aliphatic heterocycles. The van der Waals surface area contributed by atoms with Crippen molar-refractivity contribution in [1.82, 2.24) is 14.7 Å². The summed E-state index contributed by atoms with van der Waals surface area (Å²) in [6.45, 7) is 2.40. The number of aryl methyl sites for hydroxylation is 1. The van der Waals surface area contributed by atoms with E-state index in [1.165, 1.54) is 41.3 Å². The number of hydrogen-bond donors (Lipinski definition) is 0. The molecule has 0 aliphatic carbocycles. The molecule has 3 rings (SSSR count). The fraction of sp³-hybridized carbons (Fsp3) is 0.136. The van der Waals surface area contributed by atoms with Crippen molar-refractivity contribution >= 4 is 5.91 Å². The van der Waals surface area contributed by atoms with Crippen molar-refractivity contribution < 1.29 is 9.18 Å². The molecule has 6 heteroatoms. The predicted octanol–water partition coefficient (Wildman–Crippen LogP) is 2.96. The molecule has 0 saturated heterocycles. The van der Waals surface area contributed by atoms with E-state index in [-0.39, 0.29) is 12.2 Å². The third kappa shape index (κ3) is 4.33. The van der Waals surface area contributed by atoms with Gasteiger partial charge in [0.25, 0.3) is 11.5 Å². The van der Waals surface area contributed by atoms with E-state index in [2.05, 4.69) is 11.0 Å². The second-order valence-corrected chi connectivity index (χ2v) is 6.30. The van der Waals surface area contributed by atoms with Gasteiger partial charge in [0.2, 0.25) is 0 Å². The van der Waals surface area contributed by atoms with Crippen molar-refractivity contribution in [3.8, 4) is 18.0 Å². The Hall–Kier alpha value is -3.72. The van der Waals surface area contributed by atoms with Gasteiger partial charge in [-0.3, -0.25) is 9.59 Å². The van der Waals surface area contributed by atoms with Crippen LogP contribution in [0.1, 0.15) is 21.6 Å². The van der Waals surface area contributed by atoms with Gasteiger partial charge in [-0.2, -0.15) is 9.78 Å². The highest BCUT2D eigenvalue weighted by molar-refractivity contribution is 5.92. The van der Waals surface area contributed by atoms with Crippen LogP contribution in [0.15, 0.2) is 65.5 Å². The van der Waals surface area contributed by atoms with E-state index < -0.39 is 17.3 Å². The Bertz CT molecular complexity index is 1080. The van der Waals surface area contributed by atoms with Crippen molar-refractivity contribution in [3.05, 3.63) is 93.7 Å². The van der Waals surface area contributed by atoms with Gasteiger partial charge in [-0.05, 0) is 42.8 Å². The Balaban J connectivity index is 1.91. The second-order valence-electron chi connectivity index (χ2n) is 6.30. The normalized spacial score (nSPS) is 10.3. The van der Waals surface area contributed by atoms with Crippen LogP contribution in [0, 0.1) is 25.1 Å². The molecule has 0 atom stereocenters. The zero-order valence-electron chi connectivity index (χ0n) is 15.3. The molecule has 0 aliphatic rings. The standard InChI is InChI=1S/C22H18FN3O2/c1-3-14-25(15-17-6-4-16(2)5-7-17)22(28)20-12-13-21(27)26(24-20)19-10-8-18(23)9-11-19/h1,4-13H,14-15H2,2H3. The fourth-order valence-corrected chi connectivity index (χ4v) is 2.68. The van der Waals surface area contributed by atoms with Crippen LogP contribution in [-0.4, -0.2) is 27.1 Å². The molecule has 3 aromatic rings. The maximum Gasteiger partial charge on any atom is 0.275 e. The molecule has 2 aromatic carbocycles. The smallest absolute Gasteiger partial charge is 0.275 e. The molecule has 28 heavy (non-hydrogen) atoms. The van der Waals surface area contributed by atoms with E-state index in [1.54, 1.807) is 0 Å². The first kappa shape index (κ1) is 19.1. The first-order chi connectivity index (χ1) is 13.5. The van der Waals surface area contributed by atoms with Gasteiger partial charge in [0.15, 0.2) is 0 Å². The first-order valence-corrected chi connectivity index (χ1v) is 8.62. The molecule has 0 bridgehead atoms. The summed E-state index contributed by atoms with van der Waals surface area (Å²) in [6.07, 6.45) is 5.43. The minimum Gasteiger partial charge on any atom is -0.322 e. The molecule has 0 radical (unpaired) electrons. The van der Waals surface area contributed by atoms with Gasteiger partial charge in [0.05, 0.1) is 12.2 Å². The van der Waals surface area contributed by atoms with Crippen molar-refractivity contribution in [3.63, 3.8) is 0 Å². The lowest BCUT2D eigenvalue weighted by molar-refractivity contribution is 0.0758. The third-order valence-corrected chi connectivity index (χ3v) is 4.15. The summed E-state index contributed by atoms with van der Waals surface area (Å²) in [5, 5.41) is 4.15. The van der Waals surface area contributed by atoms with Crippen molar-refractivity contribution in [1.29, 1.82) is 0 Å². The number of hydrogen-bond acceptors (Lipinski definition) is 3. The van der Waals surface area contributed by atoms with Crippen LogP contribution in [0.25, 0.3) is 5.69 Å². The van der Waals surface area contributed by atoms with Gasteiger partial charge in [-0.25, -0.2) is 4.39 Å². The van der Waals surface area contributed by atoms with Gasteiger partial charge in [0, 0.05) is 12.6 Å². The number of benzene rings is 2. The summed E-state index contributed by atoms with van der Waals surface area (Å²) in [6, 6.07) is 15.7. The van der Waals surface area contributed by atoms with Crippen molar-refractivity contribution in [2.45, 2.75) is 13.5 Å². The number of rotatable bonds is 5. The summed E-state index contributed by atoms with van der Waals surface area (Å²) in [4.78, 5) is 26.6. The highest BCUT2D eigenvalue weighted by Crippen LogP contribution is 2.11. The average Bonchev–Trinajstić information content (AvgIpc) is 2.70. The Morgan fingerprint density at radius 1 is 1.11 bits per heavy atom. The van der Waals surface area contributed by atoms with Crippen LogP contribution < -0.4 is 5.56 Å². The van der Waals surface area contributed by atoms with Gasteiger partial charge in [-0.1, -0.05) is 35.7 Å². The van der Waals surface area contributed by atoms with Gasteiger partial charge in [0.1, 0.15) is 11.5 Å².